The molecule has 0 amide bonds. The highest BCUT2D eigenvalue weighted by Crippen LogP contribution is 2.20. The number of nitrogens with two attached hydrogens (primary N) is 1. The number of carboxylic acid groups (broad SMARTS) is 1. The van der Waals surface area contributed by atoms with Crippen LogP contribution in [0.4, 0.5) is 11.5 Å². The SMILES string of the molecule is CCCCN(CCO)c1ncc(N)cc1C(=O)O. The number of aromatic carboxylic acids is 1. The number of hydrogen-bond donors (Lipinski definition) is 3. The maximum absolute atomic E-state index is 11.2. The molecule has 1 aromatic heterocycles. The van der Waals surface area contributed by atoms with Gasteiger partial charge in [-0.3, -0.25) is 0 Å². The van der Waals surface area contributed by atoms with Gasteiger partial charge < -0.3 is 20.8 Å². The second kappa shape index (κ2) is 6.80. The lowest BCUT2D eigenvalue weighted by molar-refractivity contribution is 0.0697. The van der Waals surface area contributed by atoms with Crippen LogP contribution in [0.25, 0.3) is 0 Å². The van der Waals surface area contributed by atoms with Gasteiger partial charge >= 0.3 is 5.97 Å². The first kappa shape index (κ1) is 14.2. The Morgan fingerprint density at radius 3 is 2.78 bits per heavy atom. The number of carboxylic acids is 1. The molecule has 0 atom stereocenters. The smallest absolute Gasteiger partial charge is 0.339 e. The average molecular weight is 253 g/mol. The summed E-state index contributed by atoms with van der Waals surface area (Å²) in [6.45, 7) is 3.02. The maximum atomic E-state index is 11.2. The summed E-state index contributed by atoms with van der Waals surface area (Å²) in [5, 5.41) is 18.2. The van der Waals surface area contributed by atoms with E-state index < -0.39 is 5.97 Å². The lowest BCUT2D eigenvalue weighted by Crippen LogP contribution is -2.30. The van der Waals surface area contributed by atoms with Crippen LogP contribution in [0.15, 0.2) is 12.3 Å². The number of hydrogen-bond acceptors (Lipinski definition) is 5. The molecule has 0 unspecified atom stereocenters. The summed E-state index contributed by atoms with van der Waals surface area (Å²) in [5.41, 5.74) is 5.93. The van der Waals surface area contributed by atoms with Gasteiger partial charge in [-0.15, -0.1) is 0 Å². The van der Waals surface area contributed by atoms with Crippen molar-refractivity contribution in [1.82, 2.24) is 4.98 Å². The molecule has 0 bridgehead atoms. The molecule has 0 fully saturated rings. The number of rotatable bonds is 7. The van der Waals surface area contributed by atoms with Gasteiger partial charge in [-0.2, -0.15) is 0 Å². The fraction of sp³-hybridized carbons (Fsp3) is 0.500. The highest BCUT2D eigenvalue weighted by molar-refractivity contribution is 5.94. The van der Waals surface area contributed by atoms with Gasteiger partial charge in [-0.1, -0.05) is 13.3 Å². The van der Waals surface area contributed by atoms with E-state index in [0.29, 0.717) is 24.6 Å². The van der Waals surface area contributed by atoms with Crippen molar-refractivity contribution in [2.45, 2.75) is 19.8 Å². The minimum absolute atomic E-state index is 0.0468. The first-order chi connectivity index (χ1) is 8.60. The Balaban J connectivity index is 3.05. The summed E-state index contributed by atoms with van der Waals surface area (Å²) >= 11 is 0. The Morgan fingerprint density at radius 1 is 1.50 bits per heavy atom. The monoisotopic (exact) mass is 253 g/mol. The van der Waals surface area contributed by atoms with Crippen LogP contribution in [-0.4, -0.2) is 40.9 Å². The fourth-order valence-electron chi connectivity index (χ4n) is 1.68. The van der Waals surface area contributed by atoms with E-state index in [2.05, 4.69) is 4.98 Å². The molecular formula is C12H19N3O3. The molecule has 0 radical (unpaired) electrons. The maximum Gasteiger partial charge on any atom is 0.339 e. The van der Waals surface area contributed by atoms with E-state index in [1.807, 2.05) is 6.92 Å². The molecule has 0 aliphatic rings. The van der Waals surface area contributed by atoms with Crippen LogP contribution < -0.4 is 10.6 Å². The predicted molar refractivity (Wildman–Crippen MR) is 69.8 cm³/mol. The Kier molecular flexibility index (Phi) is 5.38. The molecule has 6 heteroatoms. The van der Waals surface area contributed by atoms with Crippen LogP contribution in [0, 0.1) is 0 Å². The second-order valence-electron chi connectivity index (χ2n) is 4.01. The summed E-state index contributed by atoms with van der Waals surface area (Å²) in [4.78, 5) is 17.0. The second-order valence-corrected chi connectivity index (χ2v) is 4.01. The average Bonchev–Trinajstić information content (AvgIpc) is 2.34. The zero-order chi connectivity index (χ0) is 13.5. The molecule has 18 heavy (non-hydrogen) atoms. The third-order valence-corrected chi connectivity index (χ3v) is 2.57. The van der Waals surface area contributed by atoms with Crippen LogP contribution in [0.1, 0.15) is 30.1 Å². The molecule has 0 saturated carbocycles. The number of nitrogens with zero attached hydrogens (tertiary/aromatic N) is 2. The van der Waals surface area contributed by atoms with E-state index >= 15 is 0 Å². The number of aliphatic hydroxyl groups excluding tert-OH is 1. The first-order valence-corrected chi connectivity index (χ1v) is 5.94. The van der Waals surface area contributed by atoms with E-state index in [9.17, 15) is 4.79 Å². The van der Waals surface area contributed by atoms with Gasteiger partial charge in [0.2, 0.25) is 0 Å². The van der Waals surface area contributed by atoms with Crippen molar-refractivity contribution in [2.24, 2.45) is 0 Å². The van der Waals surface area contributed by atoms with Crippen LogP contribution in [0.3, 0.4) is 0 Å². The van der Waals surface area contributed by atoms with E-state index in [1.54, 1.807) is 4.90 Å². The molecule has 0 spiro atoms. The van der Waals surface area contributed by atoms with Crippen LogP contribution in [0.2, 0.25) is 0 Å². The van der Waals surface area contributed by atoms with Crippen molar-refractivity contribution in [3.63, 3.8) is 0 Å². The molecule has 0 aliphatic carbocycles. The zero-order valence-electron chi connectivity index (χ0n) is 10.5. The summed E-state index contributed by atoms with van der Waals surface area (Å²) in [5.74, 6) is -0.705. The minimum Gasteiger partial charge on any atom is -0.478 e. The Morgan fingerprint density at radius 2 is 2.22 bits per heavy atom. The van der Waals surface area contributed by atoms with Crippen molar-refractivity contribution in [2.75, 3.05) is 30.3 Å². The standard InChI is InChI=1S/C12H19N3O3/c1-2-3-4-15(5-6-16)11-10(12(17)18)7-9(13)8-14-11/h7-8,16H,2-6,13H2,1H3,(H,17,18). The summed E-state index contributed by atoms with van der Waals surface area (Å²) < 4.78 is 0. The molecular weight excluding hydrogens is 234 g/mol. The van der Waals surface area contributed by atoms with Crippen molar-refractivity contribution < 1.29 is 15.0 Å². The Bertz CT molecular complexity index is 410. The first-order valence-electron chi connectivity index (χ1n) is 5.94. The number of aliphatic hydroxyl groups is 1. The molecule has 100 valence electrons. The number of anilines is 2. The van der Waals surface area contributed by atoms with Gasteiger partial charge in [0, 0.05) is 13.1 Å². The highest BCUT2D eigenvalue weighted by Gasteiger charge is 2.17. The summed E-state index contributed by atoms with van der Waals surface area (Å²) in [7, 11) is 0. The van der Waals surface area contributed by atoms with Gasteiger partial charge in [0.05, 0.1) is 18.5 Å². The van der Waals surface area contributed by atoms with Crippen LogP contribution in [0.5, 0.6) is 0 Å². The number of nitrogen functional groups attached to an aromatic ring is 1. The number of unbranched alkanes of at least 4 members (excludes halogenated alkanes) is 1. The van der Waals surface area contributed by atoms with E-state index in [0.717, 1.165) is 12.8 Å². The quantitative estimate of drug-likeness (QED) is 0.669. The molecule has 1 rings (SSSR count). The summed E-state index contributed by atoms with van der Waals surface area (Å²) in [6, 6.07) is 1.39. The molecule has 4 N–H and O–H groups in total. The predicted octanol–water partition coefficient (Wildman–Crippen LogP) is 0.961. The lowest BCUT2D eigenvalue weighted by Gasteiger charge is -2.24. The van der Waals surface area contributed by atoms with Gasteiger partial charge in [0.15, 0.2) is 0 Å². The van der Waals surface area contributed by atoms with E-state index in [-0.39, 0.29) is 12.2 Å². The third-order valence-electron chi connectivity index (χ3n) is 2.57. The van der Waals surface area contributed by atoms with E-state index in [1.165, 1.54) is 12.3 Å². The third kappa shape index (κ3) is 3.59. The molecule has 1 aromatic rings. The van der Waals surface area contributed by atoms with Crippen LogP contribution in [-0.2, 0) is 0 Å². The molecule has 0 aliphatic heterocycles. The zero-order valence-corrected chi connectivity index (χ0v) is 10.5. The minimum atomic E-state index is -1.07. The molecule has 0 saturated heterocycles. The van der Waals surface area contributed by atoms with Gasteiger partial charge in [0.1, 0.15) is 11.4 Å². The largest absolute Gasteiger partial charge is 0.478 e. The highest BCUT2D eigenvalue weighted by atomic mass is 16.4. The topological polar surface area (TPSA) is 99.7 Å². The Hall–Kier alpha value is -1.82. The molecule has 0 aromatic carbocycles. The van der Waals surface area contributed by atoms with Gasteiger partial charge in [-0.05, 0) is 12.5 Å². The van der Waals surface area contributed by atoms with Crippen molar-refractivity contribution in [3.05, 3.63) is 17.8 Å². The Labute approximate surface area is 106 Å². The number of carbonyl (C=O) groups is 1. The lowest BCUT2D eigenvalue weighted by atomic mass is 10.2. The number of aromatic nitrogens is 1. The van der Waals surface area contributed by atoms with E-state index in [4.69, 9.17) is 15.9 Å². The fourth-order valence-corrected chi connectivity index (χ4v) is 1.68. The molecule has 6 nitrogen and oxygen atoms in total. The summed E-state index contributed by atoms with van der Waals surface area (Å²) in [6.07, 6.45) is 3.32. The number of pyridine rings is 1. The van der Waals surface area contributed by atoms with Crippen molar-refractivity contribution >= 4 is 17.5 Å². The van der Waals surface area contributed by atoms with Gasteiger partial charge in [0.25, 0.3) is 0 Å². The van der Waals surface area contributed by atoms with Crippen molar-refractivity contribution in [3.8, 4) is 0 Å². The van der Waals surface area contributed by atoms with Gasteiger partial charge in [-0.25, -0.2) is 9.78 Å². The normalized spacial score (nSPS) is 10.3. The van der Waals surface area contributed by atoms with Crippen LogP contribution >= 0.6 is 0 Å². The van der Waals surface area contributed by atoms with Crippen molar-refractivity contribution in [1.29, 1.82) is 0 Å². The molecule has 1 heterocycles.